The van der Waals surface area contributed by atoms with Gasteiger partial charge in [-0.3, -0.25) is 0 Å². The molecule has 0 amide bonds. The topological polar surface area (TPSA) is 58.0 Å². The summed E-state index contributed by atoms with van der Waals surface area (Å²) in [5.74, 6) is 0.392. The largest absolute Gasteiger partial charge is 0.393 e. The number of hydrogen-bond donors (Lipinski definition) is 2. The molecule has 1 aliphatic rings. The molecule has 0 spiro atoms. The third kappa shape index (κ3) is 2.16. The van der Waals surface area contributed by atoms with E-state index in [0.717, 1.165) is 30.9 Å². The van der Waals surface area contributed by atoms with Crippen LogP contribution < -0.4 is 5.32 Å². The zero-order valence-electron chi connectivity index (χ0n) is 7.31. The molecule has 0 radical (unpaired) electrons. The molecule has 1 aromatic heterocycles. The van der Waals surface area contributed by atoms with Crippen LogP contribution in [0.2, 0.25) is 0 Å². The summed E-state index contributed by atoms with van der Waals surface area (Å²) in [6, 6.07) is 0. The Balaban J connectivity index is 1.79. The van der Waals surface area contributed by atoms with Crippen molar-refractivity contribution in [1.82, 2.24) is 10.2 Å². The maximum absolute atomic E-state index is 9.54. The van der Waals surface area contributed by atoms with Crippen molar-refractivity contribution in [3.63, 3.8) is 0 Å². The fourth-order valence-electron chi connectivity index (χ4n) is 1.72. The van der Waals surface area contributed by atoms with E-state index in [4.69, 9.17) is 0 Å². The van der Waals surface area contributed by atoms with Crippen LogP contribution >= 0.6 is 11.3 Å². The fourth-order valence-corrected chi connectivity index (χ4v) is 2.18. The second-order valence-corrected chi connectivity index (χ2v) is 4.22. The summed E-state index contributed by atoms with van der Waals surface area (Å²) in [4.78, 5) is 0. The van der Waals surface area contributed by atoms with Crippen LogP contribution in [-0.4, -0.2) is 28.0 Å². The van der Waals surface area contributed by atoms with Gasteiger partial charge in [-0.05, 0) is 12.8 Å². The van der Waals surface area contributed by atoms with E-state index >= 15 is 0 Å². The van der Waals surface area contributed by atoms with Crippen LogP contribution in [0.15, 0.2) is 5.51 Å². The van der Waals surface area contributed by atoms with Gasteiger partial charge in [0.15, 0.2) is 0 Å². The third-order valence-electron chi connectivity index (χ3n) is 2.49. The van der Waals surface area contributed by atoms with Crippen molar-refractivity contribution in [2.24, 2.45) is 5.92 Å². The molecular formula is C8H13N3OS. The SMILES string of the molecule is OC1CCCC1CNc1nncs1. The van der Waals surface area contributed by atoms with Gasteiger partial charge in [0.1, 0.15) is 5.51 Å². The molecule has 72 valence electrons. The van der Waals surface area contributed by atoms with Gasteiger partial charge in [0, 0.05) is 12.5 Å². The summed E-state index contributed by atoms with van der Waals surface area (Å²) in [5.41, 5.74) is 1.70. The quantitative estimate of drug-likeness (QED) is 0.765. The summed E-state index contributed by atoms with van der Waals surface area (Å²) >= 11 is 1.49. The lowest BCUT2D eigenvalue weighted by Crippen LogP contribution is -2.21. The first-order valence-electron chi connectivity index (χ1n) is 4.54. The molecule has 2 unspecified atom stereocenters. The molecule has 0 aliphatic heterocycles. The molecular weight excluding hydrogens is 186 g/mol. The molecule has 1 heterocycles. The normalized spacial score (nSPS) is 27.8. The second-order valence-electron chi connectivity index (χ2n) is 3.38. The first-order valence-corrected chi connectivity index (χ1v) is 5.42. The number of nitrogens with one attached hydrogen (secondary N) is 1. The van der Waals surface area contributed by atoms with Gasteiger partial charge in [-0.25, -0.2) is 0 Å². The Kier molecular flexibility index (Phi) is 2.75. The Morgan fingerprint density at radius 1 is 1.62 bits per heavy atom. The lowest BCUT2D eigenvalue weighted by atomic mass is 10.1. The lowest BCUT2D eigenvalue weighted by Gasteiger charge is -2.13. The van der Waals surface area contributed by atoms with E-state index in [9.17, 15) is 5.11 Å². The van der Waals surface area contributed by atoms with Crippen molar-refractivity contribution in [3.05, 3.63) is 5.51 Å². The Morgan fingerprint density at radius 3 is 3.15 bits per heavy atom. The van der Waals surface area contributed by atoms with E-state index in [1.54, 1.807) is 5.51 Å². The summed E-state index contributed by atoms with van der Waals surface area (Å²) in [6.45, 7) is 0.816. The van der Waals surface area contributed by atoms with Crippen LogP contribution in [0, 0.1) is 5.92 Å². The van der Waals surface area contributed by atoms with E-state index < -0.39 is 0 Å². The number of nitrogens with zero attached hydrogens (tertiary/aromatic N) is 2. The van der Waals surface area contributed by atoms with Crippen molar-refractivity contribution >= 4 is 16.5 Å². The monoisotopic (exact) mass is 199 g/mol. The van der Waals surface area contributed by atoms with Crippen LogP contribution in [0.1, 0.15) is 19.3 Å². The maximum atomic E-state index is 9.54. The molecule has 0 saturated heterocycles. The first-order chi connectivity index (χ1) is 6.36. The minimum atomic E-state index is -0.125. The predicted octanol–water partition coefficient (Wildman–Crippen LogP) is 1.11. The van der Waals surface area contributed by atoms with Crippen LogP contribution in [0.4, 0.5) is 5.13 Å². The van der Waals surface area contributed by atoms with Gasteiger partial charge in [-0.15, -0.1) is 10.2 Å². The van der Waals surface area contributed by atoms with Crippen molar-refractivity contribution in [2.75, 3.05) is 11.9 Å². The van der Waals surface area contributed by atoms with Crippen LogP contribution in [0.5, 0.6) is 0 Å². The van der Waals surface area contributed by atoms with Gasteiger partial charge in [0.25, 0.3) is 0 Å². The molecule has 1 fully saturated rings. The van der Waals surface area contributed by atoms with Crippen molar-refractivity contribution in [1.29, 1.82) is 0 Å². The molecule has 2 rings (SSSR count). The van der Waals surface area contributed by atoms with E-state index in [1.807, 2.05) is 0 Å². The summed E-state index contributed by atoms with van der Waals surface area (Å²) in [7, 11) is 0. The lowest BCUT2D eigenvalue weighted by molar-refractivity contribution is 0.138. The van der Waals surface area contributed by atoms with Crippen LogP contribution in [0.25, 0.3) is 0 Å². The van der Waals surface area contributed by atoms with Crippen molar-refractivity contribution < 1.29 is 5.11 Å². The molecule has 1 aromatic rings. The summed E-state index contributed by atoms with van der Waals surface area (Å²) in [5, 5.41) is 21.2. The number of aliphatic hydroxyl groups excluding tert-OH is 1. The predicted molar refractivity (Wildman–Crippen MR) is 51.7 cm³/mol. The minimum absolute atomic E-state index is 0.125. The molecule has 1 saturated carbocycles. The third-order valence-corrected chi connectivity index (χ3v) is 3.14. The van der Waals surface area contributed by atoms with Gasteiger partial charge >= 0.3 is 0 Å². The van der Waals surface area contributed by atoms with Gasteiger partial charge < -0.3 is 10.4 Å². The minimum Gasteiger partial charge on any atom is -0.393 e. The smallest absolute Gasteiger partial charge is 0.205 e. The molecule has 13 heavy (non-hydrogen) atoms. The average Bonchev–Trinajstić information content (AvgIpc) is 2.72. The zero-order valence-corrected chi connectivity index (χ0v) is 8.13. The first kappa shape index (κ1) is 8.90. The summed E-state index contributed by atoms with van der Waals surface area (Å²) in [6.07, 6.45) is 3.08. The fraction of sp³-hybridized carbons (Fsp3) is 0.750. The van der Waals surface area contributed by atoms with E-state index in [-0.39, 0.29) is 6.10 Å². The van der Waals surface area contributed by atoms with Gasteiger partial charge in [-0.2, -0.15) is 0 Å². The highest BCUT2D eigenvalue weighted by molar-refractivity contribution is 7.13. The Morgan fingerprint density at radius 2 is 2.54 bits per heavy atom. The Labute approximate surface area is 81.0 Å². The highest BCUT2D eigenvalue weighted by Gasteiger charge is 2.24. The van der Waals surface area contributed by atoms with Crippen LogP contribution in [-0.2, 0) is 0 Å². The highest BCUT2D eigenvalue weighted by Crippen LogP contribution is 2.25. The number of aromatic nitrogens is 2. The molecule has 4 nitrogen and oxygen atoms in total. The number of aliphatic hydroxyl groups is 1. The number of rotatable bonds is 3. The maximum Gasteiger partial charge on any atom is 0.205 e. The van der Waals surface area contributed by atoms with Crippen LogP contribution in [0.3, 0.4) is 0 Å². The van der Waals surface area contributed by atoms with Crippen molar-refractivity contribution in [2.45, 2.75) is 25.4 Å². The molecule has 0 bridgehead atoms. The highest BCUT2D eigenvalue weighted by atomic mass is 32.1. The molecule has 2 atom stereocenters. The Hall–Kier alpha value is -0.680. The number of anilines is 1. The van der Waals surface area contributed by atoms with Crippen molar-refractivity contribution in [3.8, 4) is 0 Å². The zero-order chi connectivity index (χ0) is 9.10. The van der Waals surface area contributed by atoms with Gasteiger partial charge in [0.2, 0.25) is 5.13 Å². The van der Waals surface area contributed by atoms with E-state index in [2.05, 4.69) is 15.5 Å². The van der Waals surface area contributed by atoms with Gasteiger partial charge in [-0.1, -0.05) is 17.8 Å². The van der Waals surface area contributed by atoms with E-state index in [0.29, 0.717) is 5.92 Å². The van der Waals surface area contributed by atoms with E-state index in [1.165, 1.54) is 11.3 Å². The second kappa shape index (κ2) is 4.02. The summed E-state index contributed by atoms with van der Waals surface area (Å²) < 4.78 is 0. The molecule has 2 N–H and O–H groups in total. The molecule has 5 heteroatoms. The molecule has 0 aromatic carbocycles. The standard InChI is InChI=1S/C8H13N3OS/c12-7-3-1-2-6(7)4-9-8-11-10-5-13-8/h5-7,12H,1-4H2,(H,9,11). The number of hydrogen-bond acceptors (Lipinski definition) is 5. The molecule has 1 aliphatic carbocycles. The van der Waals surface area contributed by atoms with Gasteiger partial charge in [0.05, 0.1) is 6.10 Å². The average molecular weight is 199 g/mol. The Bertz CT molecular complexity index is 252.